The van der Waals surface area contributed by atoms with Crippen LogP contribution in [0.2, 0.25) is 5.02 Å². The van der Waals surface area contributed by atoms with Crippen molar-refractivity contribution in [2.24, 2.45) is 0 Å². The van der Waals surface area contributed by atoms with E-state index in [2.05, 4.69) is 10.2 Å². The quantitative estimate of drug-likeness (QED) is 0.868. The molecule has 0 aromatic heterocycles. The normalized spacial score (nSPS) is 18.4. The van der Waals surface area contributed by atoms with Gasteiger partial charge in [-0.2, -0.15) is 0 Å². The second kappa shape index (κ2) is 7.07. The monoisotopic (exact) mass is 296 g/mol. The average Bonchev–Trinajstić information content (AvgIpc) is 2.70. The van der Waals surface area contributed by atoms with Crippen LogP contribution in [-0.2, 0) is 9.53 Å². The average molecular weight is 297 g/mol. The second-order valence-electron chi connectivity index (χ2n) is 5.07. The lowest BCUT2D eigenvalue weighted by Gasteiger charge is -2.29. The Morgan fingerprint density at radius 2 is 2.20 bits per heavy atom. The van der Waals surface area contributed by atoms with Gasteiger partial charge in [0.2, 0.25) is 0 Å². The number of methoxy groups -OCH3 is 1. The molecule has 0 aliphatic carbocycles. The molecule has 0 radical (unpaired) electrons. The summed E-state index contributed by atoms with van der Waals surface area (Å²) in [6.07, 6.45) is 1.03. The summed E-state index contributed by atoms with van der Waals surface area (Å²) in [5.74, 6) is -0.211. The molecule has 1 heterocycles. The van der Waals surface area contributed by atoms with Crippen molar-refractivity contribution < 1.29 is 9.53 Å². The van der Waals surface area contributed by atoms with Gasteiger partial charge >= 0.3 is 5.97 Å². The molecule has 0 spiro atoms. The number of carbonyl (C=O) groups is 1. The van der Waals surface area contributed by atoms with Crippen molar-refractivity contribution in [3.05, 3.63) is 34.3 Å². The number of nitrogens with zero attached hydrogens (tertiary/aromatic N) is 1. The lowest BCUT2D eigenvalue weighted by Crippen LogP contribution is -2.37. The number of rotatable bonds is 3. The van der Waals surface area contributed by atoms with Gasteiger partial charge in [0.25, 0.3) is 0 Å². The number of ether oxygens (including phenoxy) is 1. The number of carbonyl (C=O) groups excluding carboxylic acids is 1. The Hall–Kier alpha value is -1.10. The van der Waals surface area contributed by atoms with Crippen LogP contribution < -0.4 is 5.32 Å². The molecule has 1 fully saturated rings. The first kappa shape index (κ1) is 15.3. The van der Waals surface area contributed by atoms with Gasteiger partial charge in [-0.15, -0.1) is 0 Å². The van der Waals surface area contributed by atoms with E-state index in [0.29, 0.717) is 5.02 Å². The van der Waals surface area contributed by atoms with Gasteiger partial charge < -0.3 is 10.1 Å². The van der Waals surface area contributed by atoms with E-state index in [1.165, 1.54) is 7.11 Å². The topological polar surface area (TPSA) is 41.6 Å². The molecule has 110 valence electrons. The van der Waals surface area contributed by atoms with Gasteiger partial charge in [-0.25, -0.2) is 4.79 Å². The number of nitrogens with one attached hydrogen (secondary N) is 1. The van der Waals surface area contributed by atoms with E-state index in [9.17, 15) is 4.79 Å². The number of benzene rings is 1. The van der Waals surface area contributed by atoms with Gasteiger partial charge in [0.15, 0.2) is 0 Å². The maximum Gasteiger partial charge on any atom is 0.327 e. The number of hydrogen-bond donors (Lipinski definition) is 1. The second-order valence-corrected chi connectivity index (χ2v) is 5.50. The molecule has 1 saturated heterocycles. The third-order valence-corrected chi connectivity index (χ3v) is 3.93. The number of halogens is 1. The summed E-state index contributed by atoms with van der Waals surface area (Å²) in [6, 6.07) is 5.30. The molecule has 1 unspecified atom stereocenters. The minimum atomic E-state index is -0.350. The third-order valence-electron chi connectivity index (χ3n) is 3.69. The molecule has 4 nitrogen and oxygen atoms in total. The van der Waals surface area contributed by atoms with Crippen molar-refractivity contribution in [1.29, 1.82) is 0 Å². The first-order valence-electron chi connectivity index (χ1n) is 6.92. The summed E-state index contributed by atoms with van der Waals surface area (Å²) in [7, 11) is 1.44. The Morgan fingerprint density at radius 3 is 2.90 bits per heavy atom. The summed E-state index contributed by atoms with van der Waals surface area (Å²) in [5, 5.41) is 4.04. The van der Waals surface area contributed by atoms with Gasteiger partial charge in [-0.3, -0.25) is 4.90 Å². The van der Waals surface area contributed by atoms with Crippen molar-refractivity contribution in [1.82, 2.24) is 10.2 Å². The zero-order valence-electron chi connectivity index (χ0n) is 12.0. The third kappa shape index (κ3) is 3.51. The molecule has 1 aliphatic rings. The molecular weight excluding hydrogens is 276 g/mol. The van der Waals surface area contributed by atoms with Crippen molar-refractivity contribution in [2.45, 2.75) is 19.4 Å². The van der Waals surface area contributed by atoms with Gasteiger partial charge in [0.05, 0.1) is 7.11 Å². The molecule has 20 heavy (non-hydrogen) atoms. The van der Waals surface area contributed by atoms with Crippen LogP contribution in [0.15, 0.2) is 18.2 Å². The molecule has 1 atom stereocenters. The number of hydrogen-bond acceptors (Lipinski definition) is 4. The number of aryl methyl sites for hydroxylation is 1. The minimum Gasteiger partial charge on any atom is -0.468 e. The zero-order valence-corrected chi connectivity index (χ0v) is 12.7. The summed E-state index contributed by atoms with van der Waals surface area (Å²) in [4.78, 5) is 14.4. The fourth-order valence-corrected chi connectivity index (χ4v) is 2.88. The van der Waals surface area contributed by atoms with E-state index in [0.717, 1.165) is 43.7 Å². The SMILES string of the molecule is COC(=O)C(c1ccc(Cl)cc1C)N1CCCNCC1. The van der Waals surface area contributed by atoms with E-state index in [4.69, 9.17) is 16.3 Å². The first-order chi connectivity index (χ1) is 9.63. The Balaban J connectivity index is 2.33. The maximum atomic E-state index is 12.2. The Labute approximate surface area is 125 Å². The van der Waals surface area contributed by atoms with Crippen molar-refractivity contribution in [3.63, 3.8) is 0 Å². The number of esters is 1. The van der Waals surface area contributed by atoms with Crippen LogP contribution in [0.5, 0.6) is 0 Å². The van der Waals surface area contributed by atoms with Crippen LogP contribution in [0.3, 0.4) is 0 Å². The Kier molecular flexibility index (Phi) is 5.40. The lowest BCUT2D eigenvalue weighted by atomic mass is 9.99. The van der Waals surface area contributed by atoms with Gasteiger partial charge in [-0.05, 0) is 43.1 Å². The smallest absolute Gasteiger partial charge is 0.327 e. The van der Waals surface area contributed by atoms with Gasteiger partial charge in [0, 0.05) is 24.7 Å². The van der Waals surface area contributed by atoms with Crippen molar-refractivity contribution in [2.75, 3.05) is 33.3 Å². The zero-order chi connectivity index (χ0) is 14.5. The summed E-state index contributed by atoms with van der Waals surface area (Å²) < 4.78 is 5.01. The summed E-state index contributed by atoms with van der Waals surface area (Å²) in [6.45, 7) is 5.58. The van der Waals surface area contributed by atoms with E-state index < -0.39 is 0 Å². The lowest BCUT2D eigenvalue weighted by molar-refractivity contribution is -0.147. The highest BCUT2D eigenvalue weighted by molar-refractivity contribution is 6.30. The predicted molar refractivity (Wildman–Crippen MR) is 80.0 cm³/mol. The van der Waals surface area contributed by atoms with Gasteiger partial charge in [-0.1, -0.05) is 17.7 Å². The molecule has 1 aliphatic heterocycles. The molecule has 5 heteroatoms. The van der Waals surface area contributed by atoms with E-state index in [1.54, 1.807) is 0 Å². The van der Waals surface area contributed by atoms with Crippen LogP contribution in [0, 0.1) is 6.92 Å². The largest absolute Gasteiger partial charge is 0.468 e. The fourth-order valence-electron chi connectivity index (χ4n) is 2.66. The van der Waals surface area contributed by atoms with Gasteiger partial charge in [0.1, 0.15) is 6.04 Å². The maximum absolute atomic E-state index is 12.2. The highest BCUT2D eigenvalue weighted by Gasteiger charge is 2.30. The van der Waals surface area contributed by atoms with E-state index in [1.807, 2.05) is 25.1 Å². The Morgan fingerprint density at radius 1 is 1.40 bits per heavy atom. The van der Waals surface area contributed by atoms with Crippen LogP contribution >= 0.6 is 11.6 Å². The molecule has 0 bridgehead atoms. The van der Waals surface area contributed by atoms with Crippen molar-refractivity contribution in [3.8, 4) is 0 Å². The molecule has 1 aromatic carbocycles. The highest BCUT2D eigenvalue weighted by Crippen LogP contribution is 2.27. The van der Waals surface area contributed by atoms with E-state index in [-0.39, 0.29) is 12.0 Å². The van der Waals surface area contributed by atoms with Crippen molar-refractivity contribution >= 4 is 17.6 Å². The molecule has 0 amide bonds. The summed E-state index contributed by atoms with van der Waals surface area (Å²) in [5.41, 5.74) is 1.99. The molecular formula is C15H21ClN2O2. The van der Waals surface area contributed by atoms with Crippen LogP contribution in [0.25, 0.3) is 0 Å². The molecule has 0 saturated carbocycles. The summed E-state index contributed by atoms with van der Waals surface area (Å²) >= 11 is 6.01. The van der Waals surface area contributed by atoms with Crippen LogP contribution in [0.1, 0.15) is 23.6 Å². The minimum absolute atomic E-state index is 0.211. The fraction of sp³-hybridized carbons (Fsp3) is 0.533. The first-order valence-corrected chi connectivity index (χ1v) is 7.30. The predicted octanol–water partition coefficient (Wildman–Crippen LogP) is 2.16. The van der Waals surface area contributed by atoms with Crippen LogP contribution in [0.4, 0.5) is 0 Å². The standard InChI is InChI=1S/C15H21ClN2O2/c1-11-10-12(16)4-5-13(11)14(15(19)20-2)18-8-3-6-17-7-9-18/h4-5,10,14,17H,3,6-9H2,1-2H3. The van der Waals surface area contributed by atoms with Crippen LogP contribution in [-0.4, -0.2) is 44.2 Å². The molecule has 2 rings (SSSR count). The van der Waals surface area contributed by atoms with E-state index >= 15 is 0 Å². The highest BCUT2D eigenvalue weighted by atomic mass is 35.5. The molecule has 1 N–H and O–H groups in total. The molecule has 1 aromatic rings. The Bertz CT molecular complexity index is 471.